The lowest BCUT2D eigenvalue weighted by Gasteiger charge is -2.20. The Morgan fingerprint density at radius 2 is 1.86 bits per heavy atom. The number of hydrogen-bond donors (Lipinski definition) is 2. The van der Waals surface area contributed by atoms with Gasteiger partial charge in [-0.2, -0.15) is 0 Å². The number of urea groups is 1. The van der Waals surface area contributed by atoms with Crippen LogP contribution < -0.4 is 11.1 Å². The molecule has 0 radical (unpaired) electrons. The summed E-state index contributed by atoms with van der Waals surface area (Å²) in [7, 11) is 0. The first-order valence-corrected chi connectivity index (χ1v) is 7.33. The van der Waals surface area contributed by atoms with E-state index >= 15 is 0 Å². The van der Waals surface area contributed by atoms with Crippen molar-refractivity contribution < 1.29 is 9.59 Å². The highest BCUT2D eigenvalue weighted by Crippen LogP contribution is 2.20. The monoisotopic (exact) mass is 289 g/mol. The SMILES string of the molecule is CCCc1ccc(C(N)CN2C(=O)NC(C)(C)C2=O)cc1. The first-order valence-electron chi connectivity index (χ1n) is 7.33. The third kappa shape index (κ3) is 3.24. The van der Waals surface area contributed by atoms with Crippen molar-refractivity contribution in [1.29, 1.82) is 0 Å². The Hall–Kier alpha value is -1.88. The van der Waals surface area contributed by atoms with Gasteiger partial charge in [0.25, 0.3) is 5.91 Å². The van der Waals surface area contributed by atoms with Gasteiger partial charge in [0.15, 0.2) is 0 Å². The number of carbonyl (C=O) groups is 2. The number of carbonyl (C=O) groups excluding carboxylic acids is 2. The Balaban J connectivity index is 2.06. The molecule has 1 aromatic rings. The van der Waals surface area contributed by atoms with E-state index in [1.165, 1.54) is 10.5 Å². The van der Waals surface area contributed by atoms with Gasteiger partial charge in [-0.25, -0.2) is 4.79 Å². The average molecular weight is 289 g/mol. The number of nitrogens with zero attached hydrogens (tertiary/aromatic N) is 1. The minimum absolute atomic E-state index is 0.196. The fourth-order valence-electron chi connectivity index (χ4n) is 2.51. The van der Waals surface area contributed by atoms with Crippen molar-refractivity contribution in [3.05, 3.63) is 35.4 Å². The zero-order valence-electron chi connectivity index (χ0n) is 12.8. The number of benzene rings is 1. The van der Waals surface area contributed by atoms with Crippen LogP contribution in [0.15, 0.2) is 24.3 Å². The van der Waals surface area contributed by atoms with Crippen molar-refractivity contribution in [2.24, 2.45) is 5.73 Å². The molecular weight excluding hydrogens is 266 g/mol. The summed E-state index contributed by atoms with van der Waals surface area (Å²) in [4.78, 5) is 25.2. The fourth-order valence-corrected chi connectivity index (χ4v) is 2.51. The lowest BCUT2D eigenvalue weighted by atomic mass is 10.0. The molecule has 1 fully saturated rings. The molecule has 1 saturated heterocycles. The van der Waals surface area contributed by atoms with E-state index in [4.69, 9.17) is 5.73 Å². The summed E-state index contributed by atoms with van der Waals surface area (Å²) >= 11 is 0. The van der Waals surface area contributed by atoms with Crippen LogP contribution in [0.2, 0.25) is 0 Å². The van der Waals surface area contributed by atoms with Crippen molar-refractivity contribution in [3.63, 3.8) is 0 Å². The summed E-state index contributed by atoms with van der Waals surface area (Å²) in [5.41, 5.74) is 7.49. The predicted molar refractivity (Wildman–Crippen MR) is 81.7 cm³/mol. The first-order chi connectivity index (χ1) is 9.85. The molecule has 0 aromatic heterocycles. The van der Waals surface area contributed by atoms with Crippen molar-refractivity contribution in [3.8, 4) is 0 Å². The average Bonchev–Trinajstić information content (AvgIpc) is 2.62. The maximum absolute atomic E-state index is 12.1. The van der Waals surface area contributed by atoms with E-state index in [9.17, 15) is 9.59 Å². The standard InChI is InChI=1S/C16H23N3O2/c1-4-5-11-6-8-12(9-7-11)13(17)10-19-14(20)16(2,3)18-15(19)21/h6-9,13H,4-5,10,17H2,1-3H3,(H,18,21). The second-order valence-corrected chi connectivity index (χ2v) is 6.07. The molecule has 21 heavy (non-hydrogen) atoms. The third-order valence-electron chi connectivity index (χ3n) is 3.77. The molecule has 0 bridgehead atoms. The van der Waals surface area contributed by atoms with Crippen LogP contribution in [0.1, 0.15) is 44.4 Å². The maximum Gasteiger partial charge on any atom is 0.325 e. The van der Waals surface area contributed by atoms with Crippen molar-refractivity contribution in [2.75, 3.05) is 6.54 Å². The zero-order valence-corrected chi connectivity index (χ0v) is 12.8. The van der Waals surface area contributed by atoms with E-state index < -0.39 is 5.54 Å². The molecular formula is C16H23N3O2. The molecule has 1 heterocycles. The Labute approximate surface area is 125 Å². The van der Waals surface area contributed by atoms with E-state index in [0.717, 1.165) is 18.4 Å². The third-order valence-corrected chi connectivity index (χ3v) is 3.77. The molecule has 0 saturated carbocycles. The van der Waals surface area contributed by atoms with Crippen molar-refractivity contribution in [1.82, 2.24) is 10.2 Å². The van der Waals surface area contributed by atoms with E-state index in [1.807, 2.05) is 12.1 Å². The second-order valence-electron chi connectivity index (χ2n) is 6.07. The number of nitrogens with two attached hydrogens (primary N) is 1. The molecule has 5 heteroatoms. The number of rotatable bonds is 5. The molecule has 1 atom stereocenters. The van der Waals surface area contributed by atoms with E-state index in [-0.39, 0.29) is 24.5 Å². The topological polar surface area (TPSA) is 75.4 Å². The lowest BCUT2D eigenvalue weighted by Crippen LogP contribution is -2.41. The second kappa shape index (κ2) is 5.85. The predicted octanol–water partition coefficient (Wildman–Crippen LogP) is 1.97. The van der Waals surface area contributed by atoms with Crippen LogP contribution in [0.3, 0.4) is 0 Å². The van der Waals surface area contributed by atoms with Crippen LogP contribution >= 0.6 is 0 Å². The molecule has 2 rings (SSSR count). The summed E-state index contributed by atoms with van der Waals surface area (Å²) in [6.45, 7) is 5.72. The molecule has 0 aliphatic carbocycles. The van der Waals surface area contributed by atoms with E-state index in [0.29, 0.717) is 0 Å². The summed E-state index contributed by atoms with van der Waals surface area (Å²) in [6, 6.07) is 7.30. The Kier molecular flexibility index (Phi) is 4.32. The minimum atomic E-state index is -0.845. The number of aryl methyl sites for hydroxylation is 1. The minimum Gasteiger partial charge on any atom is -0.324 e. The molecule has 3 amide bonds. The molecule has 5 nitrogen and oxygen atoms in total. The van der Waals surface area contributed by atoms with Gasteiger partial charge in [-0.05, 0) is 31.4 Å². The quantitative estimate of drug-likeness (QED) is 0.814. The zero-order chi connectivity index (χ0) is 15.6. The Bertz CT molecular complexity index is 537. The van der Waals surface area contributed by atoms with Crippen LogP contribution in [-0.4, -0.2) is 28.9 Å². The van der Waals surface area contributed by atoms with Crippen molar-refractivity contribution >= 4 is 11.9 Å². The Morgan fingerprint density at radius 3 is 2.33 bits per heavy atom. The van der Waals surface area contributed by atoms with Crippen molar-refractivity contribution in [2.45, 2.75) is 45.2 Å². The first kappa shape index (κ1) is 15.5. The number of nitrogens with one attached hydrogen (secondary N) is 1. The Morgan fingerprint density at radius 1 is 1.24 bits per heavy atom. The largest absolute Gasteiger partial charge is 0.325 e. The van der Waals surface area contributed by atoms with Gasteiger partial charge < -0.3 is 11.1 Å². The van der Waals surface area contributed by atoms with Gasteiger partial charge in [0, 0.05) is 12.6 Å². The summed E-state index contributed by atoms with van der Waals surface area (Å²) in [5, 5.41) is 2.66. The van der Waals surface area contributed by atoms with Crippen LogP contribution in [0.4, 0.5) is 4.79 Å². The van der Waals surface area contributed by atoms with Crippen LogP contribution in [0.5, 0.6) is 0 Å². The van der Waals surface area contributed by atoms with Gasteiger partial charge in [0.05, 0.1) is 0 Å². The van der Waals surface area contributed by atoms with Gasteiger partial charge >= 0.3 is 6.03 Å². The van der Waals surface area contributed by atoms with Gasteiger partial charge in [-0.15, -0.1) is 0 Å². The van der Waals surface area contributed by atoms with Crippen LogP contribution in [0, 0.1) is 0 Å². The molecule has 3 N–H and O–H groups in total. The number of amides is 3. The fraction of sp³-hybridized carbons (Fsp3) is 0.500. The van der Waals surface area contributed by atoms with E-state index in [1.54, 1.807) is 13.8 Å². The molecule has 114 valence electrons. The molecule has 1 aliphatic rings. The van der Waals surface area contributed by atoms with E-state index in [2.05, 4.69) is 24.4 Å². The normalized spacial score (nSPS) is 18.8. The lowest BCUT2D eigenvalue weighted by molar-refractivity contribution is -0.130. The molecule has 1 unspecified atom stereocenters. The molecule has 1 aliphatic heterocycles. The molecule has 0 spiro atoms. The maximum atomic E-state index is 12.1. The summed E-state index contributed by atoms with van der Waals surface area (Å²) < 4.78 is 0. The van der Waals surface area contributed by atoms with Crippen LogP contribution in [0.25, 0.3) is 0 Å². The smallest absolute Gasteiger partial charge is 0.324 e. The van der Waals surface area contributed by atoms with Gasteiger partial charge in [-0.1, -0.05) is 37.6 Å². The van der Waals surface area contributed by atoms with Gasteiger partial charge in [0.1, 0.15) is 5.54 Å². The highest BCUT2D eigenvalue weighted by molar-refractivity contribution is 6.06. The summed E-state index contributed by atoms with van der Waals surface area (Å²) in [6.07, 6.45) is 2.14. The van der Waals surface area contributed by atoms with Crippen LogP contribution in [-0.2, 0) is 11.2 Å². The van der Waals surface area contributed by atoms with Gasteiger partial charge in [-0.3, -0.25) is 9.69 Å². The number of hydrogen-bond acceptors (Lipinski definition) is 3. The highest BCUT2D eigenvalue weighted by atomic mass is 16.2. The molecule has 1 aromatic carbocycles. The summed E-state index contributed by atoms with van der Waals surface area (Å²) in [5.74, 6) is -0.231. The highest BCUT2D eigenvalue weighted by Gasteiger charge is 2.44. The number of imide groups is 1. The van der Waals surface area contributed by atoms with Gasteiger partial charge in [0.2, 0.25) is 0 Å².